The highest BCUT2D eigenvalue weighted by Gasteiger charge is 2.10. The fourth-order valence-electron chi connectivity index (χ4n) is 1.92. The lowest BCUT2D eigenvalue weighted by Crippen LogP contribution is -2.05. The van der Waals surface area contributed by atoms with Crippen LogP contribution in [0.25, 0.3) is 0 Å². The normalized spacial score (nSPS) is 10.2. The van der Waals surface area contributed by atoms with Gasteiger partial charge in [0, 0.05) is 18.7 Å². The summed E-state index contributed by atoms with van der Waals surface area (Å²) in [4.78, 5) is 10.1. The number of halogens is 1. The standard InChI is InChI=1S/C15H15FN2O2/c16-14-9-8-13(18(19)20)11-15(14)17-10-4-7-12-5-2-1-3-6-12/h1-3,5-6,8-9,11,17H,4,7,10H2. The zero-order chi connectivity index (χ0) is 14.4. The molecule has 0 saturated heterocycles. The van der Waals surface area contributed by atoms with Crippen LogP contribution in [0.2, 0.25) is 0 Å². The predicted molar refractivity (Wildman–Crippen MR) is 76.3 cm³/mol. The maximum atomic E-state index is 13.5. The van der Waals surface area contributed by atoms with Gasteiger partial charge in [-0.2, -0.15) is 0 Å². The van der Waals surface area contributed by atoms with Crippen LogP contribution in [0, 0.1) is 15.9 Å². The fourth-order valence-corrected chi connectivity index (χ4v) is 1.92. The molecule has 2 rings (SSSR count). The third-order valence-electron chi connectivity index (χ3n) is 2.96. The third-order valence-corrected chi connectivity index (χ3v) is 2.96. The van der Waals surface area contributed by atoms with Gasteiger partial charge in [-0.25, -0.2) is 4.39 Å². The maximum Gasteiger partial charge on any atom is 0.271 e. The van der Waals surface area contributed by atoms with Gasteiger partial charge in [-0.3, -0.25) is 10.1 Å². The first-order valence-electron chi connectivity index (χ1n) is 6.38. The summed E-state index contributed by atoms with van der Waals surface area (Å²) in [7, 11) is 0. The van der Waals surface area contributed by atoms with Gasteiger partial charge in [-0.05, 0) is 24.5 Å². The first-order chi connectivity index (χ1) is 9.66. The lowest BCUT2D eigenvalue weighted by atomic mass is 10.1. The Bertz CT molecular complexity index is 588. The Balaban J connectivity index is 1.88. The zero-order valence-corrected chi connectivity index (χ0v) is 10.9. The van der Waals surface area contributed by atoms with E-state index in [2.05, 4.69) is 5.32 Å². The molecule has 0 bridgehead atoms. The minimum Gasteiger partial charge on any atom is -0.382 e. The first-order valence-corrected chi connectivity index (χ1v) is 6.38. The molecule has 0 aliphatic carbocycles. The molecule has 20 heavy (non-hydrogen) atoms. The van der Waals surface area contributed by atoms with Crippen molar-refractivity contribution < 1.29 is 9.31 Å². The zero-order valence-electron chi connectivity index (χ0n) is 10.9. The molecule has 0 aromatic heterocycles. The quantitative estimate of drug-likeness (QED) is 0.495. The Hall–Kier alpha value is -2.43. The number of benzene rings is 2. The van der Waals surface area contributed by atoms with E-state index in [0.29, 0.717) is 6.54 Å². The van der Waals surface area contributed by atoms with Crippen LogP contribution in [0.3, 0.4) is 0 Å². The molecule has 2 aromatic carbocycles. The molecule has 1 N–H and O–H groups in total. The highest BCUT2D eigenvalue weighted by Crippen LogP contribution is 2.21. The van der Waals surface area contributed by atoms with E-state index >= 15 is 0 Å². The van der Waals surface area contributed by atoms with Crippen LogP contribution in [0.5, 0.6) is 0 Å². The predicted octanol–water partition coefficient (Wildman–Crippen LogP) is 3.78. The molecular formula is C15H15FN2O2. The van der Waals surface area contributed by atoms with Gasteiger partial charge in [0.15, 0.2) is 0 Å². The molecule has 0 radical (unpaired) electrons. The van der Waals surface area contributed by atoms with Crippen molar-refractivity contribution in [3.05, 3.63) is 70.0 Å². The molecule has 0 atom stereocenters. The summed E-state index contributed by atoms with van der Waals surface area (Å²) in [5, 5.41) is 13.5. The summed E-state index contributed by atoms with van der Waals surface area (Å²) in [6, 6.07) is 13.5. The molecule has 0 aliphatic heterocycles. The van der Waals surface area contributed by atoms with Crippen molar-refractivity contribution in [1.29, 1.82) is 0 Å². The van der Waals surface area contributed by atoms with Crippen LogP contribution in [-0.2, 0) is 6.42 Å². The van der Waals surface area contributed by atoms with Crippen LogP contribution in [0.15, 0.2) is 48.5 Å². The number of nitrogens with zero attached hydrogens (tertiary/aromatic N) is 1. The van der Waals surface area contributed by atoms with E-state index in [1.165, 1.54) is 11.6 Å². The van der Waals surface area contributed by atoms with Crippen LogP contribution >= 0.6 is 0 Å². The largest absolute Gasteiger partial charge is 0.382 e. The Kier molecular flexibility index (Phi) is 4.65. The van der Waals surface area contributed by atoms with Crippen molar-refractivity contribution in [1.82, 2.24) is 0 Å². The molecule has 0 heterocycles. The minimum atomic E-state index is -0.533. The van der Waals surface area contributed by atoms with E-state index in [0.717, 1.165) is 25.0 Å². The molecule has 4 nitrogen and oxygen atoms in total. The highest BCUT2D eigenvalue weighted by atomic mass is 19.1. The van der Waals surface area contributed by atoms with Crippen molar-refractivity contribution in [2.24, 2.45) is 0 Å². The Morgan fingerprint density at radius 2 is 1.90 bits per heavy atom. The highest BCUT2D eigenvalue weighted by molar-refractivity contribution is 5.52. The molecule has 0 spiro atoms. The second kappa shape index (κ2) is 6.65. The number of rotatable bonds is 6. The van der Waals surface area contributed by atoms with E-state index in [9.17, 15) is 14.5 Å². The number of hydrogen-bond acceptors (Lipinski definition) is 3. The average molecular weight is 274 g/mol. The van der Waals surface area contributed by atoms with Gasteiger partial charge >= 0.3 is 0 Å². The van der Waals surface area contributed by atoms with Crippen molar-refractivity contribution in [2.45, 2.75) is 12.8 Å². The van der Waals surface area contributed by atoms with Crippen molar-refractivity contribution >= 4 is 11.4 Å². The first kappa shape index (κ1) is 14.0. The molecular weight excluding hydrogens is 259 g/mol. The number of nitro groups is 1. The summed E-state index contributed by atoms with van der Waals surface area (Å²) in [6.45, 7) is 0.562. The Morgan fingerprint density at radius 3 is 2.60 bits per heavy atom. The smallest absolute Gasteiger partial charge is 0.271 e. The van der Waals surface area contributed by atoms with E-state index < -0.39 is 10.7 Å². The van der Waals surface area contributed by atoms with Crippen LogP contribution < -0.4 is 5.32 Å². The molecule has 0 unspecified atom stereocenters. The Labute approximate surface area is 116 Å². The number of aryl methyl sites for hydroxylation is 1. The summed E-state index contributed by atoms with van der Waals surface area (Å²) in [5.41, 5.74) is 1.28. The van der Waals surface area contributed by atoms with Gasteiger partial charge in [0.25, 0.3) is 5.69 Å². The van der Waals surface area contributed by atoms with Crippen molar-refractivity contribution in [3.8, 4) is 0 Å². The molecule has 0 saturated carbocycles. The summed E-state index contributed by atoms with van der Waals surface area (Å²) < 4.78 is 13.5. The van der Waals surface area contributed by atoms with Gasteiger partial charge < -0.3 is 5.32 Å². The van der Waals surface area contributed by atoms with Gasteiger partial charge in [0.1, 0.15) is 5.82 Å². The average Bonchev–Trinajstić information content (AvgIpc) is 2.46. The van der Waals surface area contributed by atoms with E-state index in [1.54, 1.807) is 0 Å². The molecule has 5 heteroatoms. The third kappa shape index (κ3) is 3.78. The SMILES string of the molecule is O=[N+]([O-])c1ccc(F)c(NCCCc2ccccc2)c1. The topological polar surface area (TPSA) is 55.2 Å². The maximum absolute atomic E-state index is 13.5. The number of non-ortho nitro benzene ring substituents is 1. The Morgan fingerprint density at radius 1 is 1.15 bits per heavy atom. The number of hydrogen-bond donors (Lipinski definition) is 1. The fraction of sp³-hybridized carbons (Fsp3) is 0.200. The number of anilines is 1. The van der Waals surface area contributed by atoms with Gasteiger partial charge in [-0.15, -0.1) is 0 Å². The van der Waals surface area contributed by atoms with Crippen LogP contribution in [-0.4, -0.2) is 11.5 Å². The monoisotopic (exact) mass is 274 g/mol. The molecule has 0 amide bonds. The van der Waals surface area contributed by atoms with Crippen molar-refractivity contribution in [3.63, 3.8) is 0 Å². The van der Waals surface area contributed by atoms with Gasteiger partial charge in [-0.1, -0.05) is 30.3 Å². The molecule has 0 aliphatic rings. The summed E-state index contributed by atoms with van der Waals surface area (Å²) >= 11 is 0. The van der Waals surface area contributed by atoms with Crippen LogP contribution in [0.4, 0.5) is 15.8 Å². The minimum absolute atomic E-state index is 0.114. The number of nitro benzene ring substituents is 1. The molecule has 2 aromatic rings. The molecule has 0 fully saturated rings. The molecule has 104 valence electrons. The second-order valence-corrected chi connectivity index (χ2v) is 4.44. The second-order valence-electron chi connectivity index (χ2n) is 4.44. The van der Waals surface area contributed by atoms with E-state index in [1.807, 2.05) is 30.3 Å². The van der Waals surface area contributed by atoms with Gasteiger partial charge in [0.2, 0.25) is 0 Å². The summed E-state index contributed by atoms with van der Waals surface area (Å²) in [5.74, 6) is -0.477. The number of nitrogens with one attached hydrogen (secondary N) is 1. The van der Waals surface area contributed by atoms with Gasteiger partial charge in [0.05, 0.1) is 10.6 Å². The summed E-state index contributed by atoms with van der Waals surface area (Å²) in [6.07, 6.45) is 1.70. The lowest BCUT2D eigenvalue weighted by molar-refractivity contribution is -0.384. The van der Waals surface area contributed by atoms with E-state index in [4.69, 9.17) is 0 Å². The van der Waals surface area contributed by atoms with Crippen LogP contribution in [0.1, 0.15) is 12.0 Å². The van der Waals surface area contributed by atoms with E-state index in [-0.39, 0.29) is 11.4 Å². The van der Waals surface area contributed by atoms with Crippen molar-refractivity contribution in [2.75, 3.05) is 11.9 Å². The lowest BCUT2D eigenvalue weighted by Gasteiger charge is -2.07.